The molecular formula is C35H35ClN2O6S. The minimum Gasteiger partial charge on any atom is -0.461 e. The van der Waals surface area contributed by atoms with Gasteiger partial charge in [0.15, 0.2) is 11.6 Å². The number of H-pyrrole nitrogens is 2. The molecule has 3 atom stereocenters. The standard InChI is InChI=1S/C35H35ClN2O6S/c1-5-43-34(41)32-18(3)30-25(37-32)13-21(15-27(30)39)23-9-8-20(12-24(23)36)11-17(2)44-35(42)33-19(4)31-26(38-33)14-22(16-28(31)40)29-7-6-10-45-29/h6-10,12,17,21-22,37-38H,5,11,13-16H2,1-4H3. The molecule has 0 fully saturated rings. The van der Waals surface area contributed by atoms with Crippen molar-refractivity contribution in [1.29, 1.82) is 0 Å². The van der Waals surface area contributed by atoms with Crippen molar-refractivity contribution in [2.75, 3.05) is 6.61 Å². The Morgan fingerprint density at radius 2 is 1.56 bits per heavy atom. The summed E-state index contributed by atoms with van der Waals surface area (Å²) in [5, 5.41) is 2.55. The van der Waals surface area contributed by atoms with Crippen LogP contribution < -0.4 is 0 Å². The number of aromatic amines is 2. The smallest absolute Gasteiger partial charge is 0.355 e. The second-order valence-corrected chi connectivity index (χ2v) is 13.4. The fourth-order valence-electron chi connectivity index (χ4n) is 6.87. The third-order valence-electron chi connectivity index (χ3n) is 8.94. The third kappa shape index (κ3) is 5.91. The molecule has 0 radical (unpaired) electrons. The number of ketones is 2. The van der Waals surface area contributed by atoms with Gasteiger partial charge in [-0.25, -0.2) is 9.59 Å². The van der Waals surface area contributed by atoms with E-state index in [1.54, 1.807) is 32.1 Å². The zero-order valence-electron chi connectivity index (χ0n) is 25.7. The van der Waals surface area contributed by atoms with Gasteiger partial charge in [0, 0.05) is 57.6 Å². The molecule has 1 aromatic carbocycles. The molecule has 0 spiro atoms. The molecule has 3 unspecified atom stereocenters. The van der Waals surface area contributed by atoms with Crippen molar-refractivity contribution < 1.29 is 28.7 Å². The van der Waals surface area contributed by atoms with Crippen LogP contribution >= 0.6 is 22.9 Å². The van der Waals surface area contributed by atoms with Crippen molar-refractivity contribution in [2.45, 2.75) is 77.7 Å². The largest absolute Gasteiger partial charge is 0.461 e. The highest BCUT2D eigenvalue weighted by Gasteiger charge is 2.34. The topological polar surface area (TPSA) is 118 Å². The molecule has 3 heterocycles. The van der Waals surface area contributed by atoms with E-state index in [4.69, 9.17) is 21.1 Å². The molecule has 45 heavy (non-hydrogen) atoms. The van der Waals surface area contributed by atoms with Crippen LogP contribution in [0.5, 0.6) is 0 Å². The lowest BCUT2D eigenvalue weighted by molar-refractivity contribution is 0.0335. The van der Waals surface area contributed by atoms with E-state index in [2.05, 4.69) is 16.0 Å². The van der Waals surface area contributed by atoms with Crippen LogP contribution in [0.2, 0.25) is 5.02 Å². The highest BCUT2D eigenvalue weighted by Crippen LogP contribution is 2.39. The molecule has 0 amide bonds. The van der Waals surface area contributed by atoms with Gasteiger partial charge < -0.3 is 19.4 Å². The fourth-order valence-corrected chi connectivity index (χ4v) is 8.05. The first kappa shape index (κ1) is 31.0. The number of nitrogens with one attached hydrogen (secondary N) is 2. The Hall–Kier alpha value is -3.95. The summed E-state index contributed by atoms with van der Waals surface area (Å²) in [6.07, 6.45) is 1.94. The maximum Gasteiger partial charge on any atom is 0.355 e. The van der Waals surface area contributed by atoms with Gasteiger partial charge in [0.2, 0.25) is 0 Å². The summed E-state index contributed by atoms with van der Waals surface area (Å²) >= 11 is 8.40. The van der Waals surface area contributed by atoms with E-state index in [0.717, 1.165) is 22.5 Å². The number of carbonyl (C=O) groups is 4. The Bertz CT molecular complexity index is 1820. The number of hydrogen-bond acceptors (Lipinski definition) is 7. The van der Waals surface area contributed by atoms with Gasteiger partial charge in [-0.05, 0) is 86.2 Å². The van der Waals surface area contributed by atoms with Crippen LogP contribution in [-0.4, -0.2) is 46.2 Å². The van der Waals surface area contributed by atoms with Gasteiger partial charge in [-0.1, -0.05) is 29.8 Å². The van der Waals surface area contributed by atoms with Crippen molar-refractivity contribution in [3.63, 3.8) is 0 Å². The Morgan fingerprint density at radius 3 is 2.16 bits per heavy atom. The van der Waals surface area contributed by atoms with Gasteiger partial charge >= 0.3 is 11.9 Å². The quantitative estimate of drug-likeness (QED) is 0.192. The maximum atomic E-state index is 13.2. The number of aromatic nitrogens is 2. The lowest BCUT2D eigenvalue weighted by Gasteiger charge is -2.23. The second-order valence-electron chi connectivity index (χ2n) is 12.0. The number of carbonyl (C=O) groups excluding carboxylic acids is 4. The number of halogens is 1. The van der Waals surface area contributed by atoms with Crippen molar-refractivity contribution in [3.05, 3.63) is 102 Å². The minimum absolute atomic E-state index is 0.0312. The SMILES string of the molecule is CCOC(=O)c1[nH]c2c(c1C)C(=O)CC(c1ccc(CC(C)OC(=O)c3[nH]c4c(c3C)C(=O)CC(c3cccs3)C4)cc1Cl)C2. The van der Waals surface area contributed by atoms with Crippen molar-refractivity contribution in [3.8, 4) is 0 Å². The fraction of sp³-hybridized carbons (Fsp3) is 0.371. The van der Waals surface area contributed by atoms with Crippen LogP contribution in [0.15, 0.2) is 35.7 Å². The number of thiophene rings is 1. The van der Waals surface area contributed by atoms with Crippen LogP contribution in [0.3, 0.4) is 0 Å². The zero-order chi connectivity index (χ0) is 32.0. The number of Topliss-reactive ketones (excluding diaryl/α,β-unsaturated/α-hetero) is 2. The van der Waals surface area contributed by atoms with Gasteiger partial charge in [-0.15, -0.1) is 11.3 Å². The molecule has 2 aliphatic rings. The first-order valence-corrected chi connectivity index (χ1v) is 16.5. The summed E-state index contributed by atoms with van der Waals surface area (Å²) < 4.78 is 11.0. The first-order chi connectivity index (χ1) is 21.5. The minimum atomic E-state index is -0.488. The molecule has 2 N–H and O–H groups in total. The molecule has 4 aromatic rings. The number of hydrogen-bond donors (Lipinski definition) is 2. The van der Waals surface area contributed by atoms with Crippen LogP contribution in [0.25, 0.3) is 0 Å². The molecule has 0 bridgehead atoms. The number of esters is 2. The Balaban J connectivity index is 1.12. The number of ether oxygens (including phenoxy) is 2. The molecule has 6 rings (SSSR count). The van der Waals surface area contributed by atoms with E-state index in [9.17, 15) is 19.2 Å². The van der Waals surface area contributed by atoms with Crippen LogP contribution in [0, 0.1) is 13.8 Å². The molecule has 0 aliphatic heterocycles. The van der Waals surface area contributed by atoms with Crippen molar-refractivity contribution in [2.24, 2.45) is 0 Å². The maximum absolute atomic E-state index is 13.2. The van der Waals surface area contributed by atoms with Gasteiger partial charge in [0.1, 0.15) is 17.5 Å². The summed E-state index contributed by atoms with van der Waals surface area (Å²) in [5.41, 5.74) is 6.37. The van der Waals surface area contributed by atoms with E-state index >= 15 is 0 Å². The zero-order valence-corrected chi connectivity index (χ0v) is 27.2. The summed E-state index contributed by atoms with van der Waals surface area (Å²) in [5.74, 6) is -0.964. The molecule has 234 valence electrons. The Morgan fingerprint density at radius 1 is 0.933 bits per heavy atom. The monoisotopic (exact) mass is 646 g/mol. The van der Waals surface area contributed by atoms with Crippen molar-refractivity contribution in [1.82, 2.24) is 9.97 Å². The highest BCUT2D eigenvalue weighted by atomic mass is 35.5. The summed E-state index contributed by atoms with van der Waals surface area (Å²) in [6.45, 7) is 7.38. The average Bonchev–Trinajstić information content (AvgIpc) is 3.71. The number of rotatable bonds is 8. The summed E-state index contributed by atoms with van der Waals surface area (Å²) in [7, 11) is 0. The molecule has 8 nitrogen and oxygen atoms in total. The van der Waals surface area contributed by atoms with E-state index in [1.165, 1.54) is 4.88 Å². The van der Waals surface area contributed by atoms with E-state index < -0.39 is 18.0 Å². The predicted octanol–water partition coefficient (Wildman–Crippen LogP) is 7.46. The Labute approximate surface area is 270 Å². The normalized spacial score (nSPS) is 18.3. The van der Waals surface area contributed by atoms with Gasteiger partial charge in [0.05, 0.1) is 6.61 Å². The van der Waals surface area contributed by atoms with E-state index in [0.29, 0.717) is 64.3 Å². The summed E-state index contributed by atoms with van der Waals surface area (Å²) in [6, 6.07) is 9.76. The lowest BCUT2D eigenvalue weighted by Crippen LogP contribution is -2.20. The highest BCUT2D eigenvalue weighted by molar-refractivity contribution is 7.10. The molecule has 0 saturated heterocycles. The molecule has 10 heteroatoms. The number of benzene rings is 1. The summed E-state index contributed by atoms with van der Waals surface area (Å²) in [4.78, 5) is 59.2. The number of fused-ring (bicyclic) bond motifs is 2. The Kier molecular flexibility index (Phi) is 8.59. The van der Waals surface area contributed by atoms with Gasteiger partial charge in [-0.2, -0.15) is 0 Å². The average molecular weight is 647 g/mol. The van der Waals surface area contributed by atoms with Crippen LogP contribution in [-0.2, 0) is 28.7 Å². The molecule has 0 saturated carbocycles. The lowest BCUT2D eigenvalue weighted by atomic mass is 9.81. The van der Waals surface area contributed by atoms with Gasteiger partial charge in [-0.3, -0.25) is 9.59 Å². The molecule has 2 aliphatic carbocycles. The van der Waals surface area contributed by atoms with Crippen LogP contribution in [0.1, 0.15) is 119 Å². The second kappa shape index (κ2) is 12.4. The molecule has 3 aromatic heterocycles. The van der Waals surface area contributed by atoms with Crippen molar-refractivity contribution >= 4 is 46.4 Å². The third-order valence-corrected chi connectivity index (χ3v) is 10.3. The predicted molar refractivity (Wildman–Crippen MR) is 172 cm³/mol. The molecular weight excluding hydrogens is 612 g/mol. The van der Waals surface area contributed by atoms with E-state index in [1.807, 2.05) is 36.6 Å². The van der Waals surface area contributed by atoms with Crippen LogP contribution in [0.4, 0.5) is 0 Å². The first-order valence-electron chi connectivity index (χ1n) is 15.2. The van der Waals surface area contributed by atoms with Gasteiger partial charge in [0.25, 0.3) is 0 Å². The van der Waals surface area contributed by atoms with E-state index in [-0.39, 0.29) is 36.4 Å².